The summed E-state index contributed by atoms with van der Waals surface area (Å²) in [5.41, 5.74) is 0.0816. The molecule has 0 spiro atoms. The van der Waals surface area contributed by atoms with Crippen molar-refractivity contribution in [2.75, 3.05) is 24.6 Å². The van der Waals surface area contributed by atoms with Gasteiger partial charge in [-0.15, -0.1) is 11.3 Å². The fourth-order valence-electron chi connectivity index (χ4n) is 2.09. The van der Waals surface area contributed by atoms with E-state index in [0.717, 1.165) is 15.6 Å². The van der Waals surface area contributed by atoms with E-state index in [4.69, 9.17) is 16.3 Å². The molecule has 0 aliphatic rings. The van der Waals surface area contributed by atoms with Crippen molar-refractivity contribution in [1.29, 1.82) is 0 Å². The molecule has 0 atom stereocenters. The standard InChI is InChI=1S/C16H16ClNO6S2/c1-3-24-14(19)10-18(26(21,22)15-5-4-8-25-15)11-6-7-13(17)12(9-11)16(20)23-2/h4-9H,3,10H2,1-2H3. The predicted octanol–water partition coefficient (Wildman–Crippen LogP) is 2.95. The first kappa shape index (κ1) is 20.2. The summed E-state index contributed by atoms with van der Waals surface area (Å²) in [6.45, 7) is 1.18. The number of carbonyl (C=O) groups is 2. The summed E-state index contributed by atoms with van der Waals surface area (Å²) in [5.74, 6) is -1.44. The van der Waals surface area contributed by atoms with E-state index in [1.165, 1.54) is 31.4 Å². The zero-order valence-corrected chi connectivity index (χ0v) is 16.4. The van der Waals surface area contributed by atoms with Crippen molar-refractivity contribution >= 4 is 50.6 Å². The molecule has 0 saturated carbocycles. The van der Waals surface area contributed by atoms with Gasteiger partial charge < -0.3 is 9.47 Å². The molecule has 0 fully saturated rings. The lowest BCUT2D eigenvalue weighted by molar-refractivity contribution is -0.141. The van der Waals surface area contributed by atoms with Crippen LogP contribution in [-0.4, -0.2) is 40.6 Å². The van der Waals surface area contributed by atoms with Crippen molar-refractivity contribution in [2.24, 2.45) is 0 Å². The van der Waals surface area contributed by atoms with Crippen LogP contribution < -0.4 is 4.31 Å². The summed E-state index contributed by atoms with van der Waals surface area (Å²) < 4.78 is 36.3. The van der Waals surface area contributed by atoms with Crippen LogP contribution in [0.1, 0.15) is 17.3 Å². The number of halogens is 1. The molecular weight excluding hydrogens is 402 g/mol. The van der Waals surface area contributed by atoms with Crippen LogP contribution in [0.5, 0.6) is 0 Å². The summed E-state index contributed by atoms with van der Waals surface area (Å²) in [5, 5.41) is 1.71. The van der Waals surface area contributed by atoms with Crippen molar-refractivity contribution in [3.8, 4) is 0 Å². The molecule has 7 nitrogen and oxygen atoms in total. The van der Waals surface area contributed by atoms with Crippen LogP contribution in [0.15, 0.2) is 39.9 Å². The molecule has 0 saturated heterocycles. The van der Waals surface area contributed by atoms with Crippen LogP contribution in [0.2, 0.25) is 5.02 Å². The van der Waals surface area contributed by atoms with Crippen LogP contribution >= 0.6 is 22.9 Å². The number of sulfonamides is 1. The molecule has 0 radical (unpaired) electrons. The number of hydrogen-bond acceptors (Lipinski definition) is 7. The Balaban J connectivity index is 2.54. The number of methoxy groups -OCH3 is 1. The maximum absolute atomic E-state index is 12.9. The van der Waals surface area contributed by atoms with E-state index in [1.54, 1.807) is 18.4 Å². The van der Waals surface area contributed by atoms with Crippen LogP contribution in [-0.2, 0) is 24.3 Å². The molecule has 0 aliphatic heterocycles. The summed E-state index contributed by atoms with van der Waals surface area (Å²) in [6.07, 6.45) is 0. The average Bonchev–Trinajstić information content (AvgIpc) is 3.15. The lowest BCUT2D eigenvalue weighted by Crippen LogP contribution is -2.36. The van der Waals surface area contributed by atoms with E-state index < -0.39 is 28.5 Å². The first-order valence-corrected chi connectivity index (χ1v) is 10.1. The minimum atomic E-state index is -4.03. The molecule has 1 aromatic heterocycles. The second kappa shape index (κ2) is 8.52. The largest absolute Gasteiger partial charge is 0.465 e. The van der Waals surface area contributed by atoms with Gasteiger partial charge in [0.15, 0.2) is 0 Å². The van der Waals surface area contributed by atoms with Gasteiger partial charge in [0.2, 0.25) is 0 Å². The fourth-order valence-corrected chi connectivity index (χ4v) is 4.79. The first-order chi connectivity index (χ1) is 12.3. The van der Waals surface area contributed by atoms with Gasteiger partial charge in [-0.25, -0.2) is 13.2 Å². The summed E-state index contributed by atoms with van der Waals surface area (Å²) in [6, 6.07) is 7.04. The van der Waals surface area contributed by atoms with Gasteiger partial charge in [-0.1, -0.05) is 17.7 Å². The summed E-state index contributed by atoms with van der Waals surface area (Å²) in [7, 11) is -2.85. The monoisotopic (exact) mass is 417 g/mol. The molecule has 2 aromatic rings. The van der Waals surface area contributed by atoms with Crippen LogP contribution in [0.3, 0.4) is 0 Å². The number of anilines is 1. The lowest BCUT2D eigenvalue weighted by Gasteiger charge is -2.23. The van der Waals surface area contributed by atoms with Gasteiger partial charge in [0, 0.05) is 0 Å². The lowest BCUT2D eigenvalue weighted by atomic mass is 10.2. The van der Waals surface area contributed by atoms with E-state index in [1.807, 2.05) is 0 Å². The Morgan fingerprint density at radius 3 is 2.58 bits per heavy atom. The molecule has 0 aliphatic carbocycles. The Kier molecular flexibility index (Phi) is 6.63. The highest BCUT2D eigenvalue weighted by Crippen LogP contribution is 2.30. The zero-order valence-electron chi connectivity index (χ0n) is 14.0. The van der Waals surface area contributed by atoms with Gasteiger partial charge in [-0.05, 0) is 36.6 Å². The summed E-state index contributed by atoms with van der Waals surface area (Å²) >= 11 is 7.00. The molecule has 1 heterocycles. The smallest absolute Gasteiger partial charge is 0.339 e. The minimum Gasteiger partial charge on any atom is -0.465 e. The predicted molar refractivity (Wildman–Crippen MR) is 98.3 cm³/mol. The van der Waals surface area contributed by atoms with Gasteiger partial charge in [-0.3, -0.25) is 9.10 Å². The van der Waals surface area contributed by atoms with Gasteiger partial charge in [0.05, 0.1) is 30.0 Å². The highest BCUT2D eigenvalue weighted by molar-refractivity contribution is 7.94. The molecule has 26 heavy (non-hydrogen) atoms. The number of benzene rings is 1. The molecule has 0 bridgehead atoms. The Morgan fingerprint density at radius 1 is 1.27 bits per heavy atom. The van der Waals surface area contributed by atoms with Crippen molar-refractivity contribution in [2.45, 2.75) is 11.1 Å². The van der Waals surface area contributed by atoms with Crippen LogP contribution in [0.4, 0.5) is 5.69 Å². The summed E-state index contributed by atoms with van der Waals surface area (Å²) in [4.78, 5) is 23.8. The number of ether oxygens (including phenoxy) is 2. The highest BCUT2D eigenvalue weighted by Gasteiger charge is 2.29. The van der Waals surface area contributed by atoms with Crippen molar-refractivity contribution in [3.63, 3.8) is 0 Å². The Labute approximate surface area is 160 Å². The molecule has 0 amide bonds. The number of hydrogen-bond donors (Lipinski definition) is 0. The quantitative estimate of drug-likeness (QED) is 0.643. The third-order valence-corrected chi connectivity index (χ3v) is 6.74. The molecular formula is C16H16ClNO6S2. The van der Waals surface area contributed by atoms with Gasteiger partial charge in [0.1, 0.15) is 10.8 Å². The number of nitrogens with zero attached hydrogens (tertiary/aromatic N) is 1. The molecule has 10 heteroatoms. The zero-order chi connectivity index (χ0) is 19.3. The maximum atomic E-state index is 12.9. The number of esters is 2. The Bertz CT molecular complexity index is 895. The third-order valence-electron chi connectivity index (χ3n) is 3.26. The van der Waals surface area contributed by atoms with Crippen molar-refractivity contribution in [3.05, 3.63) is 46.3 Å². The van der Waals surface area contributed by atoms with Gasteiger partial charge in [-0.2, -0.15) is 0 Å². The number of thiophene rings is 1. The Hall–Kier alpha value is -2.10. The maximum Gasteiger partial charge on any atom is 0.339 e. The van der Waals surface area contributed by atoms with E-state index in [0.29, 0.717) is 0 Å². The minimum absolute atomic E-state index is 0.0121. The van der Waals surface area contributed by atoms with Crippen molar-refractivity contribution < 1.29 is 27.5 Å². The highest BCUT2D eigenvalue weighted by atomic mass is 35.5. The second-order valence-electron chi connectivity index (χ2n) is 4.90. The van der Waals surface area contributed by atoms with Gasteiger partial charge >= 0.3 is 11.9 Å². The van der Waals surface area contributed by atoms with Crippen LogP contribution in [0.25, 0.3) is 0 Å². The SMILES string of the molecule is CCOC(=O)CN(c1ccc(Cl)c(C(=O)OC)c1)S(=O)(=O)c1cccs1. The van der Waals surface area contributed by atoms with Crippen LogP contribution in [0, 0.1) is 0 Å². The van der Waals surface area contributed by atoms with Gasteiger partial charge in [0.25, 0.3) is 10.0 Å². The number of carbonyl (C=O) groups excluding carboxylic acids is 2. The first-order valence-electron chi connectivity index (χ1n) is 7.41. The topological polar surface area (TPSA) is 90.0 Å². The average molecular weight is 418 g/mol. The fraction of sp³-hybridized carbons (Fsp3) is 0.250. The molecule has 140 valence electrons. The van der Waals surface area contributed by atoms with E-state index >= 15 is 0 Å². The molecule has 2 rings (SSSR count). The van der Waals surface area contributed by atoms with E-state index in [2.05, 4.69) is 4.74 Å². The normalized spacial score (nSPS) is 11.0. The Morgan fingerprint density at radius 2 is 2.00 bits per heavy atom. The molecule has 1 aromatic carbocycles. The number of rotatable bonds is 7. The second-order valence-corrected chi connectivity index (χ2v) is 8.35. The van der Waals surface area contributed by atoms with E-state index in [9.17, 15) is 18.0 Å². The third kappa shape index (κ3) is 4.35. The molecule has 0 N–H and O–H groups in total. The van der Waals surface area contributed by atoms with Crippen molar-refractivity contribution in [1.82, 2.24) is 0 Å². The van der Waals surface area contributed by atoms with E-state index in [-0.39, 0.29) is 27.1 Å². The molecule has 0 unspecified atom stereocenters.